The van der Waals surface area contributed by atoms with Gasteiger partial charge in [-0.05, 0) is 13.0 Å². The van der Waals surface area contributed by atoms with E-state index in [2.05, 4.69) is 10.4 Å². The Morgan fingerprint density at radius 2 is 2.41 bits per heavy atom. The van der Waals surface area contributed by atoms with Crippen molar-refractivity contribution in [2.45, 2.75) is 6.92 Å². The van der Waals surface area contributed by atoms with Gasteiger partial charge in [0.1, 0.15) is 11.6 Å². The lowest BCUT2D eigenvalue weighted by molar-refractivity contribution is 0.0995. The summed E-state index contributed by atoms with van der Waals surface area (Å²) >= 11 is 0. The van der Waals surface area contributed by atoms with Gasteiger partial charge in [0.05, 0.1) is 6.26 Å². The van der Waals surface area contributed by atoms with Crippen molar-refractivity contribution >= 4 is 11.7 Å². The summed E-state index contributed by atoms with van der Waals surface area (Å²) in [5.41, 5.74) is 1.04. The standard InChI is InChI=1S/C11H10N4O2/c1-7-3-4-17-9(7)11(16)13-10-8(5-12)6-15(2)14-10/h3-4,6H,1-2H3,(H,13,14,16). The maximum absolute atomic E-state index is 11.8. The summed E-state index contributed by atoms with van der Waals surface area (Å²) in [4.78, 5) is 11.8. The van der Waals surface area contributed by atoms with Gasteiger partial charge in [0.2, 0.25) is 0 Å². The number of nitriles is 1. The number of aromatic nitrogens is 2. The quantitative estimate of drug-likeness (QED) is 0.846. The molecule has 2 aromatic heterocycles. The third-order valence-corrected chi connectivity index (χ3v) is 2.25. The zero-order chi connectivity index (χ0) is 12.4. The first-order valence-electron chi connectivity index (χ1n) is 4.91. The largest absolute Gasteiger partial charge is 0.459 e. The first-order valence-corrected chi connectivity index (χ1v) is 4.91. The Morgan fingerprint density at radius 3 is 3.00 bits per heavy atom. The number of aryl methyl sites for hydroxylation is 2. The summed E-state index contributed by atoms with van der Waals surface area (Å²) in [6, 6.07) is 3.65. The number of nitrogens with zero attached hydrogens (tertiary/aromatic N) is 3. The lowest BCUT2D eigenvalue weighted by Crippen LogP contribution is -2.13. The zero-order valence-corrected chi connectivity index (χ0v) is 9.39. The van der Waals surface area contributed by atoms with Crippen LogP contribution in [0.4, 0.5) is 5.82 Å². The van der Waals surface area contributed by atoms with E-state index in [0.29, 0.717) is 5.56 Å². The highest BCUT2D eigenvalue weighted by atomic mass is 16.3. The fourth-order valence-corrected chi connectivity index (χ4v) is 1.43. The SMILES string of the molecule is Cc1ccoc1C(=O)Nc1nn(C)cc1C#N. The minimum Gasteiger partial charge on any atom is -0.459 e. The minimum atomic E-state index is -0.414. The van der Waals surface area contributed by atoms with Crippen LogP contribution in [0.3, 0.4) is 0 Å². The van der Waals surface area contributed by atoms with Crippen molar-refractivity contribution in [3.05, 3.63) is 35.4 Å². The van der Waals surface area contributed by atoms with Gasteiger partial charge < -0.3 is 9.73 Å². The second-order valence-electron chi connectivity index (χ2n) is 3.56. The lowest BCUT2D eigenvalue weighted by Gasteiger charge is -2.00. The molecule has 0 unspecified atom stereocenters. The van der Waals surface area contributed by atoms with Gasteiger partial charge >= 0.3 is 0 Å². The zero-order valence-electron chi connectivity index (χ0n) is 9.39. The Labute approximate surface area is 97.5 Å². The molecular weight excluding hydrogens is 220 g/mol. The molecule has 2 aromatic rings. The van der Waals surface area contributed by atoms with Crippen LogP contribution in [-0.4, -0.2) is 15.7 Å². The number of furan rings is 1. The molecule has 0 aliphatic heterocycles. The molecule has 0 saturated heterocycles. The maximum Gasteiger partial charge on any atom is 0.292 e. The number of nitrogens with one attached hydrogen (secondary N) is 1. The van der Waals surface area contributed by atoms with Crippen LogP contribution < -0.4 is 5.32 Å². The molecule has 0 bridgehead atoms. The molecule has 1 N–H and O–H groups in total. The second kappa shape index (κ2) is 4.14. The van der Waals surface area contributed by atoms with Crippen LogP contribution in [0.5, 0.6) is 0 Å². The summed E-state index contributed by atoms with van der Waals surface area (Å²) in [6.45, 7) is 1.77. The van der Waals surface area contributed by atoms with Crippen LogP contribution in [0.25, 0.3) is 0 Å². The number of hydrogen-bond donors (Lipinski definition) is 1. The Balaban J connectivity index is 2.25. The van der Waals surface area contributed by atoms with Crippen molar-refractivity contribution < 1.29 is 9.21 Å². The second-order valence-corrected chi connectivity index (χ2v) is 3.56. The number of amides is 1. The predicted molar refractivity (Wildman–Crippen MR) is 59.3 cm³/mol. The Bertz CT molecular complexity index is 603. The van der Waals surface area contributed by atoms with Gasteiger partial charge in [-0.15, -0.1) is 0 Å². The number of anilines is 1. The van der Waals surface area contributed by atoms with Crippen LogP contribution in [0, 0.1) is 18.3 Å². The molecule has 6 heteroatoms. The fraction of sp³-hybridized carbons (Fsp3) is 0.182. The van der Waals surface area contributed by atoms with Crippen LogP contribution in [0.2, 0.25) is 0 Å². The van der Waals surface area contributed by atoms with Crippen LogP contribution in [0.15, 0.2) is 22.9 Å². The molecule has 0 atom stereocenters. The highest BCUT2D eigenvalue weighted by Gasteiger charge is 2.16. The summed E-state index contributed by atoms with van der Waals surface area (Å²) in [6.07, 6.45) is 2.97. The number of carbonyl (C=O) groups excluding carboxylic acids is 1. The predicted octanol–water partition coefficient (Wildman–Crippen LogP) is 1.45. The van der Waals surface area contributed by atoms with E-state index in [0.717, 1.165) is 5.56 Å². The van der Waals surface area contributed by atoms with E-state index in [-0.39, 0.29) is 11.6 Å². The summed E-state index contributed by atoms with van der Waals surface area (Å²) in [5.74, 6) is 0.0399. The molecule has 0 aliphatic carbocycles. The Morgan fingerprint density at radius 1 is 1.65 bits per heavy atom. The van der Waals surface area contributed by atoms with E-state index in [1.807, 2.05) is 6.07 Å². The first-order chi connectivity index (χ1) is 8.11. The number of rotatable bonds is 2. The van der Waals surface area contributed by atoms with E-state index in [1.54, 1.807) is 20.0 Å². The number of hydrogen-bond acceptors (Lipinski definition) is 4. The fourth-order valence-electron chi connectivity index (χ4n) is 1.43. The van der Waals surface area contributed by atoms with Crippen LogP contribution in [0.1, 0.15) is 21.7 Å². The topological polar surface area (TPSA) is 83.8 Å². The lowest BCUT2D eigenvalue weighted by atomic mass is 10.2. The molecular formula is C11H10N4O2. The Hall–Kier alpha value is -2.55. The van der Waals surface area contributed by atoms with Crippen molar-refractivity contribution in [3.63, 3.8) is 0 Å². The maximum atomic E-state index is 11.8. The first kappa shape index (κ1) is 11.0. The molecule has 0 spiro atoms. The average Bonchev–Trinajstić information content (AvgIpc) is 2.84. The molecule has 6 nitrogen and oxygen atoms in total. The third-order valence-electron chi connectivity index (χ3n) is 2.25. The van der Waals surface area contributed by atoms with E-state index in [4.69, 9.17) is 9.68 Å². The van der Waals surface area contributed by atoms with E-state index >= 15 is 0 Å². The van der Waals surface area contributed by atoms with Gasteiger partial charge in [0.15, 0.2) is 11.6 Å². The average molecular weight is 230 g/mol. The molecule has 0 aliphatic rings. The smallest absolute Gasteiger partial charge is 0.292 e. The van der Waals surface area contributed by atoms with Crippen molar-refractivity contribution in [1.29, 1.82) is 5.26 Å². The monoisotopic (exact) mass is 230 g/mol. The van der Waals surface area contributed by atoms with Gasteiger partial charge in [-0.2, -0.15) is 10.4 Å². The molecule has 86 valence electrons. The summed E-state index contributed by atoms with van der Waals surface area (Å²) < 4.78 is 6.51. The molecule has 0 fully saturated rings. The third kappa shape index (κ3) is 2.03. The molecule has 0 saturated carbocycles. The Kier molecular flexibility index (Phi) is 2.66. The van der Waals surface area contributed by atoms with Crippen LogP contribution in [-0.2, 0) is 7.05 Å². The molecule has 0 radical (unpaired) electrons. The van der Waals surface area contributed by atoms with Crippen molar-refractivity contribution in [1.82, 2.24) is 9.78 Å². The van der Waals surface area contributed by atoms with Crippen molar-refractivity contribution in [2.75, 3.05) is 5.32 Å². The summed E-state index contributed by atoms with van der Waals surface area (Å²) in [7, 11) is 1.68. The molecule has 17 heavy (non-hydrogen) atoms. The van der Waals surface area contributed by atoms with Crippen molar-refractivity contribution in [3.8, 4) is 6.07 Å². The van der Waals surface area contributed by atoms with E-state index < -0.39 is 5.91 Å². The van der Waals surface area contributed by atoms with Gasteiger partial charge in [-0.25, -0.2) is 0 Å². The van der Waals surface area contributed by atoms with E-state index in [1.165, 1.54) is 17.1 Å². The van der Waals surface area contributed by atoms with Crippen molar-refractivity contribution in [2.24, 2.45) is 7.05 Å². The molecule has 2 rings (SSSR count). The molecule has 2 heterocycles. The molecule has 0 aromatic carbocycles. The molecule has 1 amide bonds. The highest BCUT2D eigenvalue weighted by molar-refractivity contribution is 6.03. The van der Waals surface area contributed by atoms with Gasteiger partial charge in [-0.3, -0.25) is 9.48 Å². The minimum absolute atomic E-state index is 0.222. The normalized spacial score (nSPS) is 9.94. The van der Waals surface area contributed by atoms with E-state index in [9.17, 15) is 4.79 Å². The number of carbonyl (C=O) groups is 1. The van der Waals surface area contributed by atoms with Crippen LogP contribution >= 0.6 is 0 Å². The highest BCUT2D eigenvalue weighted by Crippen LogP contribution is 2.14. The van der Waals surface area contributed by atoms with Gasteiger partial charge in [0.25, 0.3) is 5.91 Å². The van der Waals surface area contributed by atoms with Gasteiger partial charge in [-0.1, -0.05) is 0 Å². The summed E-state index contributed by atoms with van der Waals surface area (Å²) in [5, 5.41) is 15.4. The van der Waals surface area contributed by atoms with Gasteiger partial charge in [0, 0.05) is 18.8 Å².